The van der Waals surface area contributed by atoms with Crippen LogP contribution < -0.4 is 4.72 Å². The molecule has 1 aromatic carbocycles. The van der Waals surface area contributed by atoms with Crippen LogP contribution >= 0.6 is 0 Å². The summed E-state index contributed by atoms with van der Waals surface area (Å²) in [6.07, 6.45) is 15.5. The second kappa shape index (κ2) is 10.4. The Kier molecular flexibility index (Phi) is 6.83. The molecule has 1 unspecified atom stereocenters. The first kappa shape index (κ1) is 26.9. The minimum absolute atomic E-state index is 0.0617. The van der Waals surface area contributed by atoms with Gasteiger partial charge in [0.2, 0.25) is 10.0 Å². The van der Waals surface area contributed by atoms with E-state index in [1.165, 1.54) is 54.3 Å². The van der Waals surface area contributed by atoms with Gasteiger partial charge in [-0.3, -0.25) is 4.79 Å². The topological polar surface area (TPSA) is 74.6 Å². The van der Waals surface area contributed by atoms with Crippen LogP contribution in [0.25, 0.3) is 17.1 Å². The third-order valence-electron chi connectivity index (χ3n) is 9.77. The van der Waals surface area contributed by atoms with Gasteiger partial charge < -0.3 is 14.4 Å². The first-order chi connectivity index (χ1) is 19.8. The quantitative estimate of drug-likeness (QED) is 0.533. The van der Waals surface area contributed by atoms with Crippen molar-refractivity contribution in [3.05, 3.63) is 76.0 Å². The van der Waals surface area contributed by atoms with Crippen molar-refractivity contribution in [1.82, 2.24) is 19.1 Å². The molecule has 2 aromatic rings. The maximum absolute atomic E-state index is 13.5. The average molecular weight is 573 g/mol. The number of para-hydroxylation sites is 1. The van der Waals surface area contributed by atoms with E-state index < -0.39 is 15.9 Å². The fraction of sp³-hybridized carbons (Fsp3) is 0.485. The van der Waals surface area contributed by atoms with Crippen molar-refractivity contribution in [2.24, 2.45) is 5.92 Å². The van der Waals surface area contributed by atoms with Gasteiger partial charge in [0, 0.05) is 59.9 Å². The van der Waals surface area contributed by atoms with Crippen LogP contribution in [0.15, 0.2) is 64.8 Å². The Hall–Kier alpha value is -2.94. The van der Waals surface area contributed by atoms with Gasteiger partial charge in [-0.2, -0.15) is 0 Å². The number of hydrogen-bond acceptors (Lipinski definition) is 5. The Morgan fingerprint density at radius 2 is 1.76 bits per heavy atom. The highest BCUT2D eigenvalue weighted by Gasteiger charge is 2.46. The molecule has 0 saturated heterocycles. The number of nitrogens with one attached hydrogen (secondary N) is 1. The molecule has 1 amide bonds. The molecule has 0 radical (unpaired) electrons. The van der Waals surface area contributed by atoms with Gasteiger partial charge in [0.1, 0.15) is 0 Å². The van der Waals surface area contributed by atoms with Gasteiger partial charge >= 0.3 is 0 Å². The van der Waals surface area contributed by atoms with E-state index in [1.807, 2.05) is 7.05 Å². The minimum atomic E-state index is -3.73. The lowest BCUT2D eigenvalue weighted by Gasteiger charge is -2.33. The second-order valence-electron chi connectivity index (χ2n) is 12.7. The van der Waals surface area contributed by atoms with Crippen molar-refractivity contribution >= 4 is 33.0 Å². The second-order valence-corrected chi connectivity index (χ2v) is 14.5. The summed E-state index contributed by atoms with van der Waals surface area (Å²) in [6, 6.07) is 9.08. The van der Waals surface area contributed by atoms with E-state index in [2.05, 4.69) is 74.8 Å². The third-order valence-corrected chi connectivity index (χ3v) is 11.1. The van der Waals surface area contributed by atoms with E-state index >= 15 is 0 Å². The number of amides is 1. The van der Waals surface area contributed by atoms with E-state index in [9.17, 15) is 13.2 Å². The van der Waals surface area contributed by atoms with E-state index in [0.717, 1.165) is 36.4 Å². The van der Waals surface area contributed by atoms with Crippen LogP contribution in [-0.4, -0.2) is 74.7 Å². The monoisotopic (exact) mass is 572 g/mol. The molecule has 7 rings (SSSR count). The molecule has 1 fully saturated rings. The SMILES string of the molecule is CN1CCCS(=O)(=O)NC(=O)C2=C3C2=Cn2c(cc4cccc(C5CCCCC5)c42)C2C3=CC=C[C@H]2CN(C)CC1. The summed E-state index contributed by atoms with van der Waals surface area (Å²) in [6.45, 7) is 3.34. The molecule has 3 aliphatic carbocycles. The summed E-state index contributed by atoms with van der Waals surface area (Å²) in [5.41, 5.74) is 7.37. The van der Waals surface area contributed by atoms with Crippen molar-refractivity contribution in [3.8, 4) is 0 Å². The Balaban J connectivity index is 1.39. The van der Waals surface area contributed by atoms with Crippen LogP contribution in [0.3, 0.4) is 0 Å². The zero-order valence-electron chi connectivity index (χ0n) is 24.1. The number of nitrogens with zero attached hydrogens (tertiary/aromatic N) is 3. The number of rotatable bonds is 1. The number of carbonyl (C=O) groups is 1. The lowest BCUT2D eigenvalue weighted by atomic mass is 9.78. The van der Waals surface area contributed by atoms with Crippen LogP contribution in [0.2, 0.25) is 0 Å². The molecule has 8 heteroatoms. The van der Waals surface area contributed by atoms with Gasteiger partial charge in [0.25, 0.3) is 5.91 Å². The zero-order valence-corrected chi connectivity index (χ0v) is 24.9. The lowest BCUT2D eigenvalue weighted by molar-refractivity contribution is -0.115. The molecule has 4 bridgehead atoms. The van der Waals surface area contributed by atoms with E-state index in [1.54, 1.807) is 0 Å². The maximum atomic E-state index is 13.5. The van der Waals surface area contributed by atoms with E-state index in [4.69, 9.17) is 0 Å². The number of likely N-dealkylation sites (N-methyl/N-ethyl adjacent to an activating group) is 2. The molecule has 1 aromatic heterocycles. The number of allylic oxidation sites excluding steroid dienone is 4. The van der Waals surface area contributed by atoms with Crippen LogP contribution in [0, 0.1) is 5.92 Å². The van der Waals surface area contributed by atoms with Crippen LogP contribution in [0.4, 0.5) is 0 Å². The molecular formula is C33H40N4O3S. The van der Waals surface area contributed by atoms with E-state index in [-0.39, 0.29) is 17.6 Å². The Morgan fingerprint density at radius 3 is 2.59 bits per heavy atom. The van der Waals surface area contributed by atoms with Crippen molar-refractivity contribution < 1.29 is 13.2 Å². The van der Waals surface area contributed by atoms with E-state index in [0.29, 0.717) is 24.5 Å². The molecule has 2 aliphatic heterocycles. The number of benzene rings is 1. The predicted molar refractivity (Wildman–Crippen MR) is 164 cm³/mol. The highest BCUT2D eigenvalue weighted by molar-refractivity contribution is 7.90. The molecule has 7 nitrogen and oxygen atoms in total. The first-order valence-corrected chi connectivity index (χ1v) is 16.9. The summed E-state index contributed by atoms with van der Waals surface area (Å²) in [5, 5.41) is 1.24. The van der Waals surface area contributed by atoms with Crippen molar-refractivity contribution in [3.63, 3.8) is 0 Å². The molecular weight excluding hydrogens is 532 g/mol. The third kappa shape index (κ3) is 4.94. The standard InChI is InChI=1S/C33H40N4O3S/c1-35-15-8-18-41(39,40)34-33(38)31-27-21-37-28(19-23-11-6-13-25(32(23)37)22-9-4-3-5-10-22)29-24(20-36(2)17-16-35)12-7-14-26(29)30(27)31/h6-7,11-14,19,21-22,24,29H,3-5,8-10,15-18,20H2,1-2H3,(H,34,38)/t24-,29?/m0/s1. The molecule has 2 atom stereocenters. The molecule has 0 spiro atoms. The van der Waals surface area contributed by atoms with Gasteiger partial charge in [-0.25, -0.2) is 13.1 Å². The summed E-state index contributed by atoms with van der Waals surface area (Å²) >= 11 is 0. The van der Waals surface area contributed by atoms with Gasteiger partial charge in [0.15, 0.2) is 0 Å². The van der Waals surface area contributed by atoms with Crippen LogP contribution in [-0.2, 0) is 14.8 Å². The predicted octanol–water partition coefficient (Wildman–Crippen LogP) is 4.76. The van der Waals surface area contributed by atoms with Gasteiger partial charge in [-0.05, 0) is 63.0 Å². The van der Waals surface area contributed by atoms with Gasteiger partial charge in [-0.15, -0.1) is 0 Å². The fourth-order valence-electron chi connectivity index (χ4n) is 7.65. The first-order valence-electron chi connectivity index (χ1n) is 15.2. The normalized spacial score (nSPS) is 27.6. The minimum Gasteiger partial charge on any atom is -0.319 e. The number of hydrogen-bond donors (Lipinski definition) is 1. The summed E-state index contributed by atoms with van der Waals surface area (Å²) < 4.78 is 30.6. The van der Waals surface area contributed by atoms with Gasteiger partial charge in [0.05, 0.1) is 16.8 Å². The maximum Gasteiger partial charge on any atom is 0.266 e. The average Bonchev–Trinajstić information content (AvgIpc) is 3.58. The Morgan fingerprint density at radius 1 is 0.951 bits per heavy atom. The van der Waals surface area contributed by atoms with Gasteiger partial charge in [-0.1, -0.05) is 55.7 Å². The number of fused-ring (bicyclic) bond motifs is 4. The summed E-state index contributed by atoms with van der Waals surface area (Å²) in [5.74, 6) is 0.285. The summed E-state index contributed by atoms with van der Waals surface area (Å²) in [4.78, 5) is 18.1. The number of sulfonamides is 1. The highest BCUT2D eigenvalue weighted by atomic mass is 32.2. The van der Waals surface area contributed by atoms with Crippen molar-refractivity contribution in [1.29, 1.82) is 0 Å². The van der Waals surface area contributed by atoms with Crippen molar-refractivity contribution in [2.45, 2.75) is 50.4 Å². The van der Waals surface area contributed by atoms with Crippen LogP contribution in [0.1, 0.15) is 61.6 Å². The Labute approximate surface area is 243 Å². The summed E-state index contributed by atoms with van der Waals surface area (Å²) in [7, 11) is 0.484. The lowest BCUT2D eigenvalue weighted by Crippen LogP contribution is -2.37. The molecule has 1 saturated carbocycles. The molecule has 41 heavy (non-hydrogen) atoms. The Bertz CT molecular complexity index is 1640. The fourth-order valence-corrected chi connectivity index (χ4v) is 8.65. The largest absolute Gasteiger partial charge is 0.319 e. The van der Waals surface area contributed by atoms with Crippen LogP contribution in [0.5, 0.6) is 0 Å². The van der Waals surface area contributed by atoms with Crippen molar-refractivity contribution in [2.75, 3.05) is 46.0 Å². The number of aromatic nitrogens is 1. The molecule has 3 heterocycles. The molecule has 216 valence electrons. The smallest absolute Gasteiger partial charge is 0.266 e. The molecule has 1 N–H and O–H groups in total. The number of carbonyl (C=O) groups excluding carboxylic acids is 1. The molecule has 5 aliphatic rings. The zero-order chi connectivity index (χ0) is 28.3. The highest BCUT2D eigenvalue weighted by Crippen LogP contribution is 2.55.